The first kappa shape index (κ1) is 19.8. The molecule has 1 amide bonds. The molecule has 152 valence electrons. The normalized spacial score (nSPS) is 10.7. The molecule has 1 N–H and O–H groups in total. The molecule has 0 unspecified atom stereocenters. The highest BCUT2D eigenvalue weighted by molar-refractivity contribution is 7.17. The van der Waals surface area contributed by atoms with E-state index in [0.29, 0.717) is 23.1 Å². The van der Waals surface area contributed by atoms with Gasteiger partial charge in [0.2, 0.25) is 5.82 Å². The average Bonchev–Trinajstić information content (AvgIpc) is 3.48. The van der Waals surface area contributed by atoms with Crippen molar-refractivity contribution < 1.29 is 14.1 Å². The summed E-state index contributed by atoms with van der Waals surface area (Å²) in [4.78, 5) is 18.3. The standard InChI is InChI=1S/C23H21N3O3S/c1-3-15-4-6-16(7-5-15)14-24-22(27)20-13-12-19(30-20)21-25-23(29-26-21)17-8-10-18(28-2)11-9-17/h4-13H,3,14H2,1-2H3,(H,24,27). The molecule has 7 heteroatoms. The van der Waals surface area contributed by atoms with Gasteiger partial charge in [0.1, 0.15) is 5.75 Å². The van der Waals surface area contributed by atoms with Crippen molar-refractivity contribution in [3.8, 4) is 27.9 Å². The summed E-state index contributed by atoms with van der Waals surface area (Å²) in [5, 5.41) is 7.00. The van der Waals surface area contributed by atoms with E-state index in [1.54, 1.807) is 13.2 Å². The Hall–Kier alpha value is -3.45. The second-order valence-corrected chi connectivity index (χ2v) is 7.75. The number of benzene rings is 2. The van der Waals surface area contributed by atoms with Crippen molar-refractivity contribution >= 4 is 17.2 Å². The molecular formula is C23H21N3O3S. The molecule has 30 heavy (non-hydrogen) atoms. The third-order valence-corrected chi connectivity index (χ3v) is 5.78. The number of ether oxygens (including phenoxy) is 1. The van der Waals surface area contributed by atoms with Crippen LogP contribution in [0.25, 0.3) is 22.2 Å². The van der Waals surface area contributed by atoms with Crippen LogP contribution in [-0.2, 0) is 13.0 Å². The number of hydrogen-bond acceptors (Lipinski definition) is 6. The van der Waals surface area contributed by atoms with Gasteiger partial charge in [0.05, 0.1) is 16.9 Å². The van der Waals surface area contributed by atoms with Gasteiger partial charge in [0.25, 0.3) is 11.8 Å². The molecule has 6 nitrogen and oxygen atoms in total. The Morgan fingerprint density at radius 3 is 2.47 bits per heavy atom. The summed E-state index contributed by atoms with van der Waals surface area (Å²) in [6, 6.07) is 19.2. The Bertz CT molecular complexity index is 1130. The highest BCUT2D eigenvalue weighted by Gasteiger charge is 2.15. The lowest BCUT2D eigenvalue weighted by molar-refractivity contribution is 0.0955. The van der Waals surface area contributed by atoms with E-state index in [-0.39, 0.29) is 5.91 Å². The molecule has 0 atom stereocenters. The molecule has 0 saturated carbocycles. The lowest BCUT2D eigenvalue weighted by atomic mass is 10.1. The molecule has 0 spiro atoms. The Morgan fingerprint density at radius 1 is 1.03 bits per heavy atom. The van der Waals surface area contributed by atoms with Crippen molar-refractivity contribution in [3.63, 3.8) is 0 Å². The smallest absolute Gasteiger partial charge is 0.261 e. The predicted molar refractivity (Wildman–Crippen MR) is 117 cm³/mol. The number of hydrogen-bond donors (Lipinski definition) is 1. The maximum absolute atomic E-state index is 12.5. The first-order valence-corrected chi connectivity index (χ1v) is 10.4. The maximum Gasteiger partial charge on any atom is 0.261 e. The summed E-state index contributed by atoms with van der Waals surface area (Å²) in [7, 11) is 1.62. The SMILES string of the molecule is CCc1ccc(CNC(=O)c2ccc(-c3noc(-c4ccc(OC)cc4)n3)s2)cc1. The number of methoxy groups -OCH3 is 1. The number of amides is 1. The van der Waals surface area contributed by atoms with Gasteiger partial charge in [-0.15, -0.1) is 11.3 Å². The minimum atomic E-state index is -0.121. The molecule has 0 aliphatic rings. The van der Waals surface area contributed by atoms with Crippen LogP contribution in [0.1, 0.15) is 27.7 Å². The Kier molecular flexibility index (Phi) is 5.90. The quantitative estimate of drug-likeness (QED) is 0.458. The highest BCUT2D eigenvalue weighted by Crippen LogP contribution is 2.28. The molecule has 2 aromatic heterocycles. The topological polar surface area (TPSA) is 77.2 Å². The summed E-state index contributed by atoms with van der Waals surface area (Å²) < 4.78 is 10.5. The number of thiophene rings is 1. The van der Waals surface area contributed by atoms with Crippen LogP contribution < -0.4 is 10.1 Å². The van der Waals surface area contributed by atoms with Crippen LogP contribution in [0.15, 0.2) is 65.2 Å². The summed E-state index contributed by atoms with van der Waals surface area (Å²) in [5.74, 6) is 1.51. The van der Waals surface area contributed by atoms with E-state index >= 15 is 0 Å². The van der Waals surface area contributed by atoms with Gasteiger partial charge in [-0.25, -0.2) is 0 Å². The lowest BCUT2D eigenvalue weighted by Gasteiger charge is -2.04. The summed E-state index contributed by atoms with van der Waals surface area (Å²) in [6.45, 7) is 2.61. The monoisotopic (exact) mass is 419 g/mol. The van der Waals surface area contributed by atoms with Crippen LogP contribution in [0.5, 0.6) is 5.75 Å². The van der Waals surface area contributed by atoms with E-state index in [1.165, 1.54) is 16.9 Å². The second kappa shape index (κ2) is 8.92. The van der Waals surface area contributed by atoms with E-state index in [0.717, 1.165) is 28.2 Å². The number of aryl methyl sites for hydroxylation is 1. The fraction of sp³-hybridized carbons (Fsp3) is 0.174. The second-order valence-electron chi connectivity index (χ2n) is 6.67. The zero-order valence-corrected chi connectivity index (χ0v) is 17.5. The van der Waals surface area contributed by atoms with E-state index in [2.05, 4.69) is 34.5 Å². The average molecular weight is 420 g/mol. The van der Waals surface area contributed by atoms with Crippen molar-refractivity contribution in [1.29, 1.82) is 0 Å². The van der Waals surface area contributed by atoms with Crippen LogP contribution in [0.4, 0.5) is 0 Å². The Labute approximate surface area is 178 Å². The third-order valence-electron chi connectivity index (χ3n) is 4.70. The van der Waals surface area contributed by atoms with Gasteiger partial charge in [0, 0.05) is 12.1 Å². The maximum atomic E-state index is 12.5. The summed E-state index contributed by atoms with van der Waals surface area (Å²) in [6.07, 6.45) is 1.00. The van der Waals surface area contributed by atoms with Gasteiger partial charge in [-0.2, -0.15) is 4.98 Å². The number of nitrogens with zero attached hydrogens (tertiary/aromatic N) is 2. The van der Waals surface area contributed by atoms with Gasteiger partial charge in [-0.3, -0.25) is 4.79 Å². The molecule has 0 saturated heterocycles. The van der Waals surface area contributed by atoms with E-state index in [9.17, 15) is 4.79 Å². The van der Waals surface area contributed by atoms with Crippen molar-refractivity contribution in [1.82, 2.24) is 15.5 Å². The molecule has 0 aliphatic carbocycles. The summed E-state index contributed by atoms with van der Waals surface area (Å²) in [5.41, 5.74) is 3.15. The number of nitrogens with one attached hydrogen (secondary N) is 1. The van der Waals surface area contributed by atoms with Gasteiger partial charge in [-0.05, 0) is 53.9 Å². The molecule has 2 aromatic carbocycles. The van der Waals surface area contributed by atoms with Crippen LogP contribution >= 0.6 is 11.3 Å². The van der Waals surface area contributed by atoms with Gasteiger partial charge in [0.15, 0.2) is 0 Å². The number of aromatic nitrogens is 2. The molecule has 0 bridgehead atoms. The fourth-order valence-corrected chi connectivity index (χ4v) is 3.76. The van der Waals surface area contributed by atoms with Crippen molar-refractivity contribution in [2.75, 3.05) is 7.11 Å². The van der Waals surface area contributed by atoms with Crippen molar-refractivity contribution in [2.24, 2.45) is 0 Å². The fourth-order valence-electron chi connectivity index (χ4n) is 2.92. The largest absolute Gasteiger partial charge is 0.497 e. The van der Waals surface area contributed by atoms with Gasteiger partial charge >= 0.3 is 0 Å². The van der Waals surface area contributed by atoms with E-state index in [4.69, 9.17) is 9.26 Å². The molecule has 0 aliphatic heterocycles. The molecule has 0 fully saturated rings. The molecule has 4 rings (SSSR count). The number of carbonyl (C=O) groups excluding carboxylic acids is 1. The molecular weight excluding hydrogens is 398 g/mol. The Morgan fingerprint density at radius 2 is 1.77 bits per heavy atom. The first-order valence-electron chi connectivity index (χ1n) is 9.60. The van der Waals surface area contributed by atoms with Crippen LogP contribution in [0.2, 0.25) is 0 Å². The predicted octanol–water partition coefficient (Wildman–Crippen LogP) is 4.97. The highest BCUT2D eigenvalue weighted by atomic mass is 32.1. The van der Waals surface area contributed by atoms with Gasteiger partial charge < -0.3 is 14.6 Å². The molecule has 0 radical (unpaired) electrons. The zero-order chi connectivity index (χ0) is 20.9. The van der Waals surface area contributed by atoms with Crippen molar-refractivity contribution in [3.05, 3.63) is 76.7 Å². The van der Waals surface area contributed by atoms with E-state index < -0.39 is 0 Å². The lowest BCUT2D eigenvalue weighted by Crippen LogP contribution is -2.21. The van der Waals surface area contributed by atoms with Crippen LogP contribution in [0, 0.1) is 0 Å². The number of carbonyl (C=O) groups is 1. The number of rotatable bonds is 7. The minimum absolute atomic E-state index is 0.121. The van der Waals surface area contributed by atoms with Crippen molar-refractivity contribution in [2.45, 2.75) is 19.9 Å². The van der Waals surface area contributed by atoms with Gasteiger partial charge in [-0.1, -0.05) is 36.3 Å². The summed E-state index contributed by atoms with van der Waals surface area (Å²) >= 11 is 1.33. The third kappa shape index (κ3) is 4.41. The van der Waals surface area contributed by atoms with Crippen LogP contribution in [0.3, 0.4) is 0 Å². The minimum Gasteiger partial charge on any atom is -0.497 e. The first-order chi connectivity index (χ1) is 14.7. The van der Waals surface area contributed by atoms with E-state index in [1.807, 2.05) is 42.5 Å². The van der Waals surface area contributed by atoms with Crippen LogP contribution in [-0.4, -0.2) is 23.2 Å². The Balaban J connectivity index is 1.41. The zero-order valence-electron chi connectivity index (χ0n) is 16.7. The molecule has 4 aromatic rings. The molecule has 2 heterocycles.